The van der Waals surface area contributed by atoms with Gasteiger partial charge in [-0.1, -0.05) is 40.9 Å². The minimum atomic E-state index is -1.36. The van der Waals surface area contributed by atoms with Crippen LogP contribution in [0.2, 0.25) is 15.1 Å². The molecule has 3 rings (SSSR count). The van der Waals surface area contributed by atoms with Crippen molar-refractivity contribution >= 4 is 58.2 Å². The fraction of sp³-hybridized carbons (Fsp3) is 0.222. The van der Waals surface area contributed by atoms with Crippen molar-refractivity contribution in [2.45, 2.75) is 25.6 Å². The Hall–Kier alpha value is -2.23. The van der Waals surface area contributed by atoms with E-state index in [2.05, 4.69) is 5.32 Å². The molecule has 0 unspecified atom stereocenters. The minimum absolute atomic E-state index is 0.215. The predicted molar refractivity (Wildman–Crippen MR) is 110 cm³/mol. The van der Waals surface area contributed by atoms with Gasteiger partial charge in [-0.25, -0.2) is 9.59 Å². The third-order valence-electron chi connectivity index (χ3n) is 4.51. The highest BCUT2D eigenvalue weighted by Gasteiger charge is 2.56. The zero-order chi connectivity index (χ0) is 21.5. The van der Waals surface area contributed by atoms with Crippen LogP contribution in [-0.2, 0) is 0 Å². The van der Waals surface area contributed by atoms with E-state index in [9.17, 15) is 20.0 Å². The molecule has 1 aliphatic heterocycles. The topological polar surface area (TPSA) is 96.3 Å². The maximum Gasteiger partial charge on any atom is 0.350 e. The van der Waals surface area contributed by atoms with Crippen molar-refractivity contribution in [2.24, 2.45) is 0 Å². The van der Waals surface area contributed by atoms with Gasteiger partial charge in [0, 0.05) is 16.4 Å². The molecule has 0 aromatic heterocycles. The summed E-state index contributed by atoms with van der Waals surface area (Å²) in [6.45, 7) is 2.99. The van der Waals surface area contributed by atoms with Crippen LogP contribution in [0.1, 0.15) is 13.8 Å². The lowest BCUT2D eigenvalue weighted by Gasteiger charge is -2.36. The molecule has 2 aromatic carbocycles. The lowest BCUT2D eigenvalue weighted by molar-refractivity contribution is -0.150. The number of nitrogens with zero attached hydrogens (tertiary/aromatic N) is 3. The first-order chi connectivity index (χ1) is 13.5. The molecule has 0 spiro atoms. The van der Waals surface area contributed by atoms with E-state index < -0.39 is 23.8 Å². The van der Waals surface area contributed by atoms with E-state index in [1.54, 1.807) is 18.2 Å². The first-order valence-electron chi connectivity index (χ1n) is 8.36. The number of hydrogen-bond acceptors (Lipinski definition) is 4. The lowest BCUT2D eigenvalue weighted by Crippen LogP contribution is -2.57. The minimum Gasteiger partial charge on any atom is -0.306 e. The molecule has 11 heteroatoms. The van der Waals surface area contributed by atoms with Crippen LogP contribution >= 0.6 is 34.8 Å². The van der Waals surface area contributed by atoms with E-state index in [4.69, 9.17) is 34.8 Å². The molecule has 2 aromatic rings. The van der Waals surface area contributed by atoms with Crippen LogP contribution in [0, 0.1) is 0 Å². The molecule has 1 saturated heterocycles. The molecule has 3 N–H and O–H groups in total. The summed E-state index contributed by atoms with van der Waals surface area (Å²) in [6, 6.07) is 8.87. The largest absolute Gasteiger partial charge is 0.350 e. The van der Waals surface area contributed by atoms with Crippen LogP contribution in [0.15, 0.2) is 42.5 Å². The first-order valence-corrected chi connectivity index (χ1v) is 9.49. The van der Waals surface area contributed by atoms with E-state index in [1.165, 1.54) is 38.1 Å². The van der Waals surface area contributed by atoms with Gasteiger partial charge >= 0.3 is 12.1 Å². The van der Waals surface area contributed by atoms with Crippen LogP contribution < -0.4 is 10.2 Å². The normalized spacial score (nSPS) is 18.2. The van der Waals surface area contributed by atoms with Crippen molar-refractivity contribution in [3.8, 4) is 0 Å². The number of urea groups is 2. The van der Waals surface area contributed by atoms with Gasteiger partial charge < -0.3 is 5.32 Å². The Morgan fingerprint density at radius 2 is 1.83 bits per heavy atom. The van der Waals surface area contributed by atoms with Gasteiger partial charge in [0.1, 0.15) is 5.54 Å². The van der Waals surface area contributed by atoms with E-state index in [0.29, 0.717) is 25.9 Å². The molecule has 1 fully saturated rings. The molecule has 154 valence electrons. The second kappa shape index (κ2) is 7.89. The Morgan fingerprint density at radius 1 is 1.14 bits per heavy atom. The number of nitrogens with one attached hydrogen (secondary N) is 1. The average molecular weight is 460 g/mol. The Balaban J connectivity index is 1.94. The van der Waals surface area contributed by atoms with E-state index >= 15 is 0 Å². The van der Waals surface area contributed by atoms with Crippen LogP contribution in [0.4, 0.5) is 21.0 Å². The Bertz CT molecular complexity index is 972. The number of anilines is 2. The summed E-state index contributed by atoms with van der Waals surface area (Å²) in [5.74, 6) is 0. The van der Waals surface area contributed by atoms with Gasteiger partial charge in [-0.15, -0.1) is 0 Å². The molecular formula is C18H17Cl3N4O4. The van der Waals surface area contributed by atoms with Crippen molar-refractivity contribution in [3.63, 3.8) is 0 Å². The molecular weight excluding hydrogens is 443 g/mol. The van der Waals surface area contributed by atoms with Crippen molar-refractivity contribution < 1.29 is 20.0 Å². The maximum absolute atomic E-state index is 12.7. The number of carbonyl (C=O) groups is 2. The molecule has 1 heterocycles. The number of benzene rings is 2. The fourth-order valence-electron chi connectivity index (χ4n) is 3.03. The molecule has 8 nitrogen and oxygen atoms in total. The van der Waals surface area contributed by atoms with Gasteiger partial charge in [0.05, 0.1) is 10.0 Å². The second-order valence-electron chi connectivity index (χ2n) is 6.88. The van der Waals surface area contributed by atoms with Crippen LogP contribution in [0.3, 0.4) is 0 Å². The molecule has 29 heavy (non-hydrogen) atoms. The van der Waals surface area contributed by atoms with Crippen LogP contribution in [0.25, 0.3) is 0 Å². The van der Waals surface area contributed by atoms with Crippen molar-refractivity contribution in [3.05, 3.63) is 57.5 Å². The Kier molecular flexibility index (Phi) is 5.84. The molecule has 0 saturated carbocycles. The molecule has 0 bridgehead atoms. The van der Waals surface area contributed by atoms with Gasteiger partial charge in [-0.2, -0.15) is 10.1 Å². The molecule has 1 aliphatic rings. The van der Waals surface area contributed by atoms with Crippen molar-refractivity contribution in [1.29, 1.82) is 0 Å². The summed E-state index contributed by atoms with van der Waals surface area (Å²) in [4.78, 5) is 26.4. The zero-order valence-electron chi connectivity index (χ0n) is 15.3. The number of carbonyl (C=O) groups excluding carboxylic acids is 2. The third-order valence-corrected chi connectivity index (χ3v) is 5.48. The van der Waals surface area contributed by atoms with Crippen molar-refractivity contribution in [1.82, 2.24) is 10.1 Å². The van der Waals surface area contributed by atoms with Crippen LogP contribution in [-0.4, -0.2) is 44.3 Å². The quantitative estimate of drug-likeness (QED) is 0.428. The van der Waals surface area contributed by atoms with Crippen molar-refractivity contribution in [2.75, 3.05) is 10.2 Å². The molecule has 1 atom stereocenters. The number of halogens is 3. The SMILES string of the molecule is CC1(C)[C@@H](N(O)C(=O)Nc2ccc(Cl)c(Cl)c2)N(c2cccc(Cl)c2)C(=O)N1O. The number of rotatable bonds is 3. The van der Waals surface area contributed by atoms with E-state index in [-0.39, 0.29) is 10.7 Å². The van der Waals surface area contributed by atoms with Gasteiger partial charge in [-0.3, -0.25) is 15.3 Å². The van der Waals surface area contributed by atoms with Gasteiger partial charge in [0.2, 0.25) is 0 Å². The standard InChI is InChI=1S/C18H17Cl3N4O4/c1-18(2)15(23(17(27)25(18)29)12-5-3-4-10(19)8-12)24(28)16(26)22-11-6-7-13(20)14(21)9-11/h3-9,15,28-29H,1-2H3,(H,22,26)/t15-/m1/s1. The molecule has 4 amide bonds. The highest BCUT2D eigenvalue weighted by molar-refractivity contribution is 6.42. The summed E-state index contributed by atoms with van der Waals surface area (Å²) in [5.41, 5.74) is -0.789. The molecule has 0 radical (unpaired) electrons. The Morgan fingerprint density at radius 3 is 2.45 bits per heavy atom. The van der Waals surface area contributed by atoms with Gasteiger partial charge in [-0.05, 0) is 50.2 Å². The van der Waals surface area contributed by atoms with Crippen LogP contribution in [0.5, 0.6) is 0 Å². The second-order valence-corrected chi connectivity index (χ2v) is 8.13. The summed E-state index contributed by atoms with van der Waals surface area (Å²) in [6.07, 6.45) is -1.28. The van der Waals surface area contributed by atoms with Gasteiger partial charge in [0.15, 0.2) is 6.17 Å². The number of hydroxylamine groups is 4. The first kappa shape index (κ1) is 21.5. The number of amides is 4. The lowest BCUT2D eigenvalue weighted by atomic mass is 10.0. The predicted octanol–water partition coefficient (Wildman–Crippen LogP) is 5.31. The third kappa shape index (κ3) is 3.94. The highest BCUT2D eigenvalue weighted by atomic mass is 35.5. The average Bonchev–Trinajstić information content (AvgIpc) is 2.84. The van der Waals surface area contributed by atoms with E-state index in [1.807, 2.05) is 0 Å². The Labute approximate surface area is 181 Å². The highest BCUT2D eigenvalue weighted by Crippen LogP contribution is 2.37. The zero-order valence-corrected chi connectivity index (χ0v) is 17.6. The van der Waals surface area contributed by atoms with E-state index in [0.717, 1.165) is 4.90 Å². The maximum atomic E-state index is 12.7. The summed E-state index contributed by atoms with van der Waals surface area (Å²) in [7, 11) is 0. The summed E-state index contributed by atoms with van der Waals surface area (Å²) < 4.78 is 0. The smallest absolute Gasteiger partial charge is 0.306 e. The molecule has 0 aliphatic carbocycles. The summed E-state index contributed by atoms with van der Waals surface area (Å²) in [5, 5.41) is 25.1. The van der Waals surface area contributed by atoms with Gasteiger partial charge in [0.25, 0.3) is 0 Å². The fourth-order valence-corrected chi connectivity index (χ4v) is 3.51. The number of hydrogen-bond donors (Lipinski definition) is 3. The monoisotopic (exact) mass is 458 g/mol. The summed E-state index contributed by atoms with van der Waals surface area (Å²) >= 11 is 17.8.